The van der Waals surface area contributed by atoms with Crippen molar-refractivity contribution in [3.05, 3.63) is 33.8 Å². The van der Waals surface area contributed by atoms with Crippen LogP contribution in [0, 0.1) is 17.8 Å². The Hall–Kier alpha value is -0.240. The summed E-state index contributed by atoms with van der Waals surface area (Å²) in [6, 6.07) is 5.43. The van der Waals surface area contributed by atoms with Crippen LogP contribution in [0.1, 0.15) is 44.8 Å². The van der Waals surface area contributed by atoms with Crippen LogP contribution in [-0.4, -0.2) is 5.11 Å². The molecule has 1 nitrogen and oxygen atoms in total. The predicted octanol–water partition coefficient (Wildman–Crippen LogP) is 5.10. The molecule has 4 atom stereocenters. The Bertz CT molecular complexity index is 419. The van der Waals surface area contributed by atoms with Gasteiger partial charge in [-0.1, -0.05) is 49.5 Å². The molecule has 1 aromatic carbocycles. The summed E-state index contributed by atoms with van der Waals surface area (Å²) in [7, 11) is 0. The fraction of sp³-hybridized carbons (Fsp3) is 0.600. The molecular weight excluding hydrogens is 267 g/mol. The summed E-state index contributed by atoms with van der Waals surface area (Å²) in [4.78, 5) is 0. The summed E-state index contributed by atoms with van der Waals surface area (Å²) >= 11 is 11.9. The molecule has 0 aliphatic heterocycles. The average Bonchev–Trinajstić information content (AvgIpc) is 2.35. The molecule has 1 aliphatic rings. The minimum absolute atomic E-state index is 0.341. The molecule has 0 bridgehead atoms. The molecule has 0 amide bonds. The minimum atomic E-state index is -0.422. The quantitative estimate of drug-likeness (QED) is 0.802. The van der Waals surface area contributed by atoms with E-state index in [0.717, 1.165) is 24.3 Å². The molecule has 18 heavy (non-hydrogen) atoms. The summed E-state index contributed by atoms with van der Waals surface area (Å²) in [5.74, 6) is 1.79. The summed E-state index contributed by atoms with van der Waals surface area (Å²) in [6.45, 7) is 4.57. The Morgan fingerprint density at radius 3 is 2.44 bits per heavy atom. The zero-order valence-corrected chi connectivity index (χ0v) is 12.4. The Morgan fingerprint density at radius 2 is 1.83 bits per heavy atom. The van der Waals surface area contributed by atoms with Gasteiger partial charge in [0.2, 0.25) is 0 Å². The Labute approximate surface area is 119 Å². The largest absolute Gasteiger partial charge is 0.388 e. The second-order valence-electron chi connectivity index (χ2n) is 5.65. The molecule has 0 radical (unpaired) electrons. The molecule has 4 unspecified atom stereocenters. The maximum Gasteiger partial charge on any atom is 0.0818 e. The van der Waals surface area contributed by atoms with E-state index in [-0.39, 0.29) is 0 Å². The average molecular weight is 287 g/mol. The molecule has 0 aromatic heterocycles. The third-order valence-corrected chi connectivity index (χ3v) is 5.11. The van der Waals surface area contributed by atoms with Gasteiger partial charge in [-0.3, -0.25) is 0 Å². The van der Waals surface area contributed by atoms with E-state index in [2.05, 4.69) is 13.8 Å². The van der Waals surface area contributed by atoms with Crippen molar-refractivity contribution in [2.75, 3.05) is 0 Å². The highest BCUT2D eigenvalue weighted by Crippen LogP contribution is 2.40. The van der Waals surface area contributed by atoms with Gasteiger partial charge in [-0.15, -0.1) is 0 Å². The van der Waals surface area contributed by atoms with Crippen LogP contribution in [0.3, 0.4) is 0 Å². The lowest BCUT2D eigenvalue weighted by Crippen LogP contribution is -2.25. The van der Waals surface area contributed by atoms with E-state index in [1.807, 2.05) is 6.07 Å². The lowest BCUT2D eigenvalue weighted by molar-refractivity contribution is 0.0561. The van der Waals surface area contributed by atoms with E-state index in [0.29, 0.717) is 21.9 Å². The van der Waals surface area contributed by atoms with Crippen LogP contribution in [-0.2, 0) is 0 Å². The zero-order chi connectivity index (χ0) is 13.3. The van der Waals surface area contributed by atoms with Crippen molar-refractivity contribution in [1.29, 1.82) is 0 Å². The van der Waals surface area contributed by atoms with Gasteiger partial charge in [0.25, 0.3) is 0 Å². The maximum atomic E-state index is 10.5. The smallest absolute Gasteiger partial charge is 0.0818 e. The first-order chi connectivity index (χ1) is 8.49. The van der Waals surface area contributed by atoms with Gasteiger partial charge >= 0.3 is 0 Å². The van der Waals surface area contributed by atoms with Crippen LogP contribution in [0.5, 0.6) is 0 Å². The molecule has 1 aliphatic carbocycles. The Kier molecular flexibility index (Phi) is 4.58. The van der Waals surface area contributed by atoms with E-state index >= 15 is 0 Å². The van der Waals surface area contributed by atoms with Gasteiger partial charge in [0.05, 0.1) is 16.1 Å². The lowest BCUT2D eigenvalue weighted by Gasteiger charge is -2.34. The van der Waals surface area contributed by atoms with Gasteiger partial charge in [0.1, 0.15) is 0 Å². The molecule has 2 rings (SSSR count). The number of aliphatic hydroxyl groups excluding tert-OH is 1. The maximum absolute atomic E-state index is 10.5. The van der Waals surface area contributed by atoms with Gasteiger partial charge in [0, 0.05) is 0 Å². The Balaban J connectivity index is 2.11. The highest BCUT2D eigenvalue weighted by Gasteiger charge is 2.30. The van der Waals surface area contributed by atoms with Crippen LogP contribution >= 0.6 is 23.2 Å². The van der Waals surface area contributed by atoms with Crippen molar-refractivity contribution in [3.63, 3.8) is 0 Å². The number of benzene rings is 1. The summed E-state index contributed by atoms with van der Waals surface area (Å²) in [6.07, 6.45) is 2.95. The highest BCUT2D eigenvalue weighted by molar-refractivity contribution is 6.42. The molecule has 1 saturated carbocycles. The zero-order valence-electron chi connectivity index (χ0n) is 10.9. The van der Waals surface area contributed by atoms with Gasteiger partial charge in [0.15, 0.2) is 0 Å². The molecule has 0 spiro atoms. The SMILES string of the molecule is CC1CCC(C(O)c2ccc(Cl)c(Cl)c2)CC1C. The number of rotatable bonds is 2. The van der Waals surface area contributed by atoms with E-state index < -0.39 is 6.10 Å². The number of hydrogen-bond acceptors (Lipinski definition) is 1. The van der Waals surface area contributed by atoms with Gasteiger partial charge in [-0.25, -0.2) is 0 Å². The van der Waals surface area contributed by atoms with Crippen LogP contribution in [0.4, 0.5) is 0 Å². The first-order valence-electron chi connectivity index (χ1n) is 6.62. The highest BCUT2D eigenvalue weighted by atomic mass is 35.5. The van der Waals surface area contributed by atoms with E-state index in [9.17, 15) is 5.11 Å². The second-order valence-corrected chi connectivity index (χ2v) is 6.46. The third kappa shape index (κ3) is 3.01. The lowest BCUT2D eigenvalue weighted by atomic mass is 9.73. The molecule has 1 N–H and O–H groups in total. The number of aliphatic hydroxyl groups is 1. The van der Waals surface area contributed by atoms with Crippen molar-refractivity contribution < 1.29 is 5.11 Å². The molecule has 1 fully saturated rings. The monoisotopic (exact) mass is 286 g/mol. The van der Waals surface area contributed by atoms with Crippen molar-refractivity contribution >= 4 is 23.2 Å². The number of hydrogen-bond donors (Lipinski definition) is 1. The van der Waals surface area contributed by atoms with Crippen LogP contribution in [0.25, 0.3) is 0 Å². The van der Waals surface area contributed by atoms with Gasteiger partial charge in [-0.2, -0.15) is 0 Å². The molecular formula is C15H20Cl2O. The van der Waals surface area contributed by atoms with Crippen LogP contribution in [0.15, 0.2) is 18.2 Å². The first kappa shape index (κ1) is 14.2. The Morgan fingerprint density at radius 1 is 1.11 bits per heavy atom. The van der Waals surface area contributed by atoms with E-state index in [4.69, 9.17) is 23.2 Å². The van der Waals surface area contributed by atoms with Crippen molar-refractivity contribution in [2.24, 2.45) is 17.8 Å². The normalized spacial score (nSPS) is 30.2. The third-order valence-electron chi connectivity index (χ3n) is 4.37. The summed E-state index contributed by atoms with van der Waals surface area (Å²) in [5.41, 5.74) is 0.885. The van der Waals surface area contributed by atoms with Gasteiger partial charge < -0.3 is 5.11 Å². The summed E-state index contributed by atoms with van der Waals surface area (Å²) < 4.78 is 0. The van der Waals surface area contributed by atoms with Gasteiger partial charge in [-0.05, 0) is 48.3 Å². The van der Waals surface area contributed by atoms with Crippen LogP contribution in [0.2, 0.25) is 10.0 Å². The number of halogens is 2. The fourth-order valence-corrected chi connectivity index (χ4v) is 3.15. The topological polar surface area (TPSA) is 20.2 Å². The molecule has 0 saturated heterocycles. The summed E-state index contributed by atoms with van der Waals surface area (Å²) in [5, 5.41) is 11.5. The van der Waals surface area contributed by atoms with E-state index in [1.165, 1.54) is 6.42 Å². The minimum Gasteiger partial charge on any atom is -0.388 e. The van der Waals surface area contributed by atoms with Crippen molar-refractivity contribution in [3.8, 4) is 0 Å². The second kappa shape index (κ2) is 5.81. The first-order valence-corrected chi connectivity index (χ1v) is 7.37. The standard InChI is InChI=1S/C15H20Cl2O/c1-9-3-4-11(7-10(9)2)15(18)12-5-6-13(16)14(17)8-12/h5-6,8-11,15,18H,3-4,7H2,1-2H3. The fourth-order valence-electron chi connectivity index (χ4n) is 2.84. The van der Waals surface area contributed by atoms with Crippen molar-refractivity contribution in [1.82, 2.24) is 0 Å². The van der Waals surface area contributed by atoms with Crippen molar-refractivity contribution in [2.45, 2.75) is 39.2 Å². The molecule has 0 heterocycles. The predicted molar refractivity (Wildman–Crippen MR) is 77.1 cm³/mol. The molecule has 100 valence electrons. The van der Waals surface area contributed by atoms with Crippen LogP contribution < -0.4 is 0 Å². The molecule has 1 aromatic rings. The molecule has 3 heteroatoms. The van der Waals surface area contributed by atoms with E-state index in [1.54, 1.807) is 12.1 Å².